The number of methoxy groups -OCH3 is 1. The third-order valence-corrected chi connectivity index (χ3v) is 5.00. The minimum absolute atomic E-state index is 0.221. The molecule has 2 aliphatic heterocycles. The Labute approximate surface area is 130 Å². The molecule has 23 heavy (non-hydrogen) atoms. The number of aliphatic imine (C=N–C) groups is 1. The molecule has 1 spiro atoms. The number of ether oxygens (including phenoxy) is 2. The number of hydrogen-bond acceptors (Lipinski definition) is 11. The minimum Gasteiger partial charge on any atom is -0.454 e. The molecule has 8 N–H and O–H groups in total. The van der Waals surface area contributed by atoms with Gasteiger partial charge in [0.1, 0.15) is 11.6 Å². The summed E-state index contributed by atoms with van der Waals surface area (Å²) in [6.45, 7) is -0.999. The monoisotopic (exact) mass is 333 g/mol. The van der Waals surface area contributed by atoms with Crippen LogP contribution in [0.25, 0.3) is 0 Å². The molecule has 0 aromatic carbocycles. The lowest BCUT2D eigenvalue weighted by Crippen LogP contribution is -2.88. The maximum Gasteiger partial charge on any atom is 0.338 e. The molecule has 11 heteroatoms. The Balaban J connectivity index is 2.23. The number of esters is 1. The van der Waals surface area contributed by atoms with E-state index in [4.69, 9.17) is 15.2 Å². The van der Waals surface area contributed by atoms with Crippen LogP contribution in [0, 0.1) is 5.92 Å². The first-order chi connectivity index (χ1) is 10.7. The summed E-state index contributed by atoms with van der Waals surface area (Å²) in [4.78, 5) is 15.9. The van der Waals surface area contributed by atoms with Crippen molar-refractivity contribution in [3.63, 3.8) is 0 Å². The topological polar surface area (TPSA) is 187 Å². The van der Waals surface area contributed by atoms with Crippen LogP contribution < -0.4 is 11.1 Å². The highest BCUT2D eigenvalue weighted by Gasteiger charge is 2.75. The minimum atomic E-state index is -2.36. The van der Waals surface area contributed by atoms with E-state index in [0.717, 1.165) is 0 Å². The molecule has 130 valence electrons. The van der Waals surface area contributed by atoms with Crippen LogP contribution in [0.4, 0.5) is 0 Å². The van der Waals surface area contributed by atoms with Crippen molar-refractivity contribution in [1.82, 2.24) is 5.32 Å². The number of carbonyl (C=O) groups is 1. The van der Waals surface area contributed by atoms with Gasteiger partial charge < -0.3 is 46.1 Å². The van der Waals surface area contributed by atoms with Crippen molar-refractivity contribution in [2.45, 2.75) is 41.8 Å². The normalized spacial score (nSPS) is 52.1. The summed E-state index contributed by atoms with van der Waals surface area (Å²) >= 11 is 0. The van der Waals surface area contributed by atoms with Crippen molar-refractivity contribution in [1.29, 1.82) is 0 Å². The fraction of sp³-hybridized carbons (Fsp3) is 0.833. The molecule has 2 bridgehead atoms. The molecule has 2 fully saturated rings. The van der Waals surface area contributed by atoms with Gasteiger partial charge in [-0.2, -0.15) is 0 Å². The highest BCUT2D eigenvalue weighted by Crippen LogP contribution is 2.49. The Morgan fingerprint density at radius 1 is 1.39 bits per heavy atom. The average molecular weight is 333 g/mol. The number of aliphatic hydroxyl groups is 5. The van der Waals surface area contributed by atoms with Gasteiger partial charge in [-0.3, -0.25) is 0 Å². The standard InChI is InChI=1S/C12H19N3O8/c1-22-8-3-4(17)11(21,2-16)7-5(18)12(3,15-10(13)14-8)6(19)9(20)23-7/h3-8,16-19,21H,2H2,1H3,(H3,13,14,15)/t3-,4+,5+,6-,7-,8-,11+,12?/m1/s1. The summed E-state index contributed by atoms with van der Waals surface area (Å²) in [5, 5.41) is 54.1. The summed E-state index contributed by atoms with van der Waals surface area (Å²) in [6.07, 6.45) is -8.18. The maximum absolute atomic E-state index is 12.0. The van der Waals surface area contributed by atoms with Gasteiger partial charge >= 0.3 is 5.97 Å². The summed E-state index contributed by atoms with van der Waals surface area (Å²) < 4.78 is 9.96. The molecule has 2 heterocycles. The van der Waals surface area contributed by atoms with Gasteiger partial charge in [0, 0.05) is 7.11 Å². The number of aliphatic hydroxyl groups excluding tert-OH is 4. The number of carbonyl (C=O) groups excluding carboxylic acids is 1. The molecule has 8 atom stereocenters. The summed E-state index contributed by atoms with van der Waals surface area (Å²) in [5.41, 5.74) is 1.41. The van der Waals surface area contributed by atoms with Crippen molar-refractivity contribution in [3.8, 4) is 0 Å². The second-order valence-electron chi connectivity index (χ2n) is 6.02. The predicted octanol–water partition coefficient (Wildman–Crippen LogP) is -5.02. The molecule has 0 aromatic heterocycles. The summed E-state index contributed by atoms with van der Waals surface area (Å²) in [5.74, 6) is -2.64. The highest BCUT2D eigenvalue weighted by molar-refractivity contribution is 5.85. The van der Waals surface area contributed by atoms with Crippen molar-refractivity contribution in [2.24, 2.45) is 16.6 Å². The van der Waals surface area contributed by atoms with Gasteiger partial charge in [-0.1, -0.05) is 0 Å². The fourth-order valence-electron chi connectivity index (χ4n) is 3.83. The first-order valence-electron chi connectivity index (χ1n) is 6.96. The maximum atomic E-state index is 12.0. The van der Waals surface area contributed by atoms with Gasteiger partial charge in [0.05, 0.1) is 18.6 Å². The quantitative estimate of drug-likeness (QED) is 0.241. The van der Waals surface area contributed by atoms with Crippen molar-refractivity contribution in [2.75, 3.05) is 13.7 Å². The molecular weight excluding hydrogens is 314 g/mol. The van der Waals surface area contributed by atoms with E-state index in [1.54, 1.807) is 0 Å². The number of nitrogens with zero attached hydrogens (tertiary/aromatic N) is 1. The average Bonchev–Trinajstić information content (AvgIpc) is 2.53. The van der Waals surface area contributed by atoms with Crippen LogP contribution in [0.3, 0.4) is 0 Å². The molecule has 1 saturated heterocycles. The van der Waals surface area contributed by atoms with E-state index in [0.29, 0.717) is 0 Å². The number of guanidine groups is 1. The van der Waals surface area contributed by atoms with Crippen LogP contribution in [0.1, 0.15) is 0 Å². The van der Waals surface area contributed by atoms with E-state index in [9.17, 15) is 30.3 Å². The third-order valence-electron chi connectivity index (χ3n) is 5.00. The number of hydrogen-bond donors (Lipinski definition) is 7. The van der Waals surface area contributed by atoms with Gasteiger partial charge in [-0.15, -0.1) is 0 Å². The molecule has 0 aromatic rings. The zero-order chi connectivity index (χ0) is 17.2. The predicted molar refractivity (Wildman–Crippen MR) is 71.7 cm³/mol. The van der Waals surface area contributed by atoms with Gasteiger partial charge in [-0.25, -0.2) is 9.79 Å². The SMILES string of the molecule is CO[C@H]1N=C(N)NC23[C@@H]1[C@H](O)[C@@](O)(CO)[C@H](OC(=O)[C@H]2O)[C@@H]3O. The molecular formula is C12H19N3O8. The Kier molecular flexibility index (Phi) is 3.55. The fourth-order valence-corrected chi connectivity index (χ4v) is 3.83. The lowest BCUT2D eigenvalue weighted by molar-refractivity contribution is -0.310. The molecule has 3 rings (SSSR count). The van der Waals surface area contributed by atoms with Gasteiger partial charge in [0.15, 0.2) is 30.0 Å². The van der Waals surface area contributed by atoms with E-state index in [2.05, 4.69) is 10.3 Å². The zero-order valence-electron chi connectivity index (χ0n) is 12.2. The second kappa shape index (κ2) is 5.00. The molecule has 1 saturated carbocycles. The molecule has 1 unspecified atom stereocenters. The first-order valence-corrected chi connectivity index (χ1v) is 6.96. The van der Waals surface area contributed by atoms with Crippen molar-refractivity contribution >= 4 is 11.9 Å². The van der Waals surface area contributed by atoms with Crippen LogP contribution >= 0.6 is 0 Å². The Morgan fingerprint density at radius 2 is 2.04 bits per heavy atom. The van der Waals surface area contributed by atoms with Crippen LogP contribution in [-0.4, -0.2) is 93.0 Å². The zero-order valence-corrected chi connectivity index (χ0v) is 12.2. The van der Waals surface area contributed by atoms with E-state index >= 15 is 0 Å². The molecule has 11 nitrogen and oxygen atoms in total. The van der Waals surface area contributed by atoms with Crippen LogP contribution in [0.2, 0.25) is 0 Å². The molecule has 0 amide bonds. The molecule has 1 aliphatic carbocycles. The largest absolute Gasteiger partial charge is 0.454 e. The molecule has 3 aliphatic rings. The molecule has 0 radical (unpaired) electrons. The summed E-state index contributed by atoms with van der Waals surface area (Å²) in [6, 6.07) is 0. The third kappa shape index (κ3) is 1.80. The van der Waals surface area contributed by atoms with E-state index < -0.39 is 60.3 Å². The smallest absolute Gasteiger partial charge is 0.338 e. The first kappa shape index (κ1) is 16.4. The van der Waals surface area contributed by atoms with Gasteiger partial charge in [-0.05, 0) is 0 Å². The lowest BCUT2D eigenvalue weighted by Gasteiger charge is -2.62. The highest BCUT2D eigenvalue weighted by atomic mass is 16.6. The van der Waals surface area contributed by atoms with Crippen molar-refractivity contribution < 1.29 is 39.8 Å². The van der Waals surface area contributed by atoms with Crippen LogP contribution in [0.15, 0.2) is 4.99 Å². The lowest BCUT2D eigenvalue weighted by atomic mass is 9.57. The van der Waals surface area contributed by atoms with Crippen molar-refractivity contribution in [3.05, 3.63) is 0 Å². The Bertz CT molecular complexity index is 558. The van der Waals surface area contributed by atoms with Crippen LogP contribution in [-0.2, 0) is 14.3 Å². The number of rotatable bonds is 2. The Morgan fingerprint density at radius 3 is 2.61 bits per heavy atom. The van der Waals surface area contributed by atoms with Crippen LogP contribution in [0.5, 0.6) is 0 Å². The van der Waals surface area contributed by atoms with Gasteiger partial charge in [0.2, 0.25) is 0 Å². The summed E-state index contributed by atoms with van der Waals surface area (Å²) in [7, 11) is 1.25. The second-order valence-corrected chi connectivity index (χ2v) is 6.02. The Hall–Kier alpha value is -1.50. The van der Waals surface area contributed by atoms with E-state index in [-0.39, 0.29) is 5.96 Å². The number of nitrogens with one attached hydrogen (secondary N) is 1. The number of nitrogens with two attached hydrogens (primary N) is 1. The van der Waals surface area contributed by atoms with Gasteiger partial charge in [0.25, 0.3) is 0 Å². The van der Waals surface area contributed by atoms with E-state index in [1.165, 1.54) is 7.11 Å². The number of fused-ring (bicyclic) bond motifs is 1. The van der Waals surface area contributed by atoms with E-state index in [1.807, 2.05) is 0 Å².